The lowest BCUT2D eigenvalue weighted by atomic mass is 10.2. The Morgan fingerprint density at radius 3 is 2.93 bits per heavy atom. The van der Waals surface area contributed by atoms with Gasteiger partial charge < -0.3 is 10.1 Å². The van der Waals surface area contributed by atoms with Gasteiger partial charge in [-0.05, 0) is 24.3 Å². The molecule has 0 unspecified atom stereocenters. The third kappa shape index (κ3) is 4.05. The minimum absolute atomic E-state index is 0.160. The zero-order valence-corrected chi connectivity index (χ0v) is 17.7. The number of thioether (sulfide) groups is 1. The summed E-state index contributed by atoms with van der Waals surface area (Å²) in [5, 5.41) is 12.1. The topological polar surface area (TPSA) is 94.8 Å². The van der Waals surface area contributed by atoms with E-state index < -0.39 is 0 Å². The van der Waals surface area contributed by atoms with Gasteiger partial charge in [-0.3, -0.25) is 9.36 Å². The summed E-state index contributed by atoms with van der Waals surface area (Å²) in [5.41, 5.74) is 2.93. The molecule has 1 amide bonds. The summed E-state index contributed by atoms with van der Waals surface area (Å²) >= 11 is 2.42. The number of amides is 1. The van der Waals surface area contributed by atoms with Crippen LogP contribution in [0.15, 0.2) is 60.3 Å². The molecule has 2 aromatic heterocycles. The van der Waals surface area contributed by atoms with Gasteiger partial charge >= 0.3 is 0 Å². The van der Waals surface area contributed by atoms with Crippen molar-refractivity contribution in [3.05, 3.63) is 55.1 Å². The quantitative estimate of drug-likeness (QED) is 0.329. The van der Waals surface area contributed by atoms with Gasteiger partial charge in [-0.15, -0.1) is 16.8 Å². The van der Waals surface area contributed by atoms with Crippen LogP contribution in [-0.2, 0) is 11.3 Å². The molecule has 0 aliphatic heterocycles. The standard InChI is InChI=1S/C20H18N6O2S2/c1-3-11-26-19(13-7-4-5-10-16(13)28-2)22-23-20(26)29-12-17(27)21-14-8-6-9-15-18(14)25-30-24-15/h3-10H,1,11-12H2,2H3,(H,21,27). The number of carbonyl (C=O) groups excluding carboxylic acids is 1. The lowest BCUT2D eigenvalue weighted by Crippen LogP contribution is -2.15. The van der Waals surface area contributed by atoms with Crippen molar-refractivity contribution in [2.24, 2.45) is 0 Å². The highest BCUT2D eigenvalue weighted by Crippen LogP contribution is 2.31. The summed E-state index contributed by atoms with van der Waals surface area (Å²) in [6.45, 7) is 4.33. The number of ether oxygens (including phenoxy) is 1. The highest BCUT2D eigenvalue weighted by atomic mass is 32.2. The molecular formula is C20H18N6O2S2. The van der Waals surface area contributed by atoms with Crippen molar-refractivity contribution in [2.45, 2.75) is 11.7 Å². The van der Waals surface area contributed by atoms with Crippen molar-refractivity contribution in [1.29, 1.82) is 0 Å². The molecule has 152 valence electrons. The second-order valence-electron chi connectivity index (χ2n) is 6.18. The third-order valence-electron chi connectivity index (χ3n) is 4.27. The number of anilines is 1. The number of methoxy groups -OCH3 is 1. The highest BCUT2D eigenvalue weighted by molar-refractivity contribution is 7.99. The monoisotopic (exact) mass is 438 g/mol. The van der Waals surface area contributed by atoms with E-state index in [1.165, 1.54) is 11.8 Å². The summed E-state index contributed by atoms with van der Waals surface area (Å²) in [4.78, 5) is 12.5. The molecule has 0 aliphatic rings. The summed E-state index contributed by atoms with van der Waals surface area (Å²) in [6.07, 6.45) is 1.77. The number of nitrogens with zero attached hydrogens (tertiary/aromatic N) is 5. The van der Waals surface area contributed by atoms with Crippen LogP contribution in [0.2, 0.25) is 0 Å². The molecule has 0 saturated carbocycles. The number of fused-ring (bicyclic) bond motifs is 1. The molecule has 30 heavy (non-hydrogen) atoms. The Balaban J connectivity index is 1.52. The Bertz CT molecular complexity index is 1200. The van der Waals surface area contributed by atoms with E-state index in [1.54, 1.807) is 13.2 Å². The number of aromatic nitrogens is 5. The van der Waals surface area contributed by atoms with Gasteiger partial charge in [0.2, 0.25) is 5.91 Å². The van der Waals surface area contributed by atoms with Crippen molar-refractivity contribution in [2.75, 3.05) is 18.2 Å². The van der Waals surface area contributed by atoms with E-state index in [9.17, 15) is 4.79 Å². The summed E-state index contributed by atoms with van der Waals surface area (Å²) in [7, 11) is 1.62. The largest absolute Gasteiger partial charge is 0.496 e. The normalized spacial score (nSPS) is 10.8. The van der Waals surface area contributed by atoms with E-state index in [2.05, 4.69) is 30.8 Å². The van der Waals surface area contributed by atoms with E-state index in [0.717, 1.165) is 22.8 Å². The maximum absolute atomic E-state index is 12.5. The average molecular weight is 439 g/mol. The highest BCUT2D eigenvalue weighted by Gasteiger charge is 2.18. The Kier molecular flexibility index (Phi) is 6.05. The van der Waals surface area contributed by atoms with Gasteiger partial charge in [-0.25, -0.2) is 0 Å². The molecular weight excluding hydrogens is 420 g/mol. The van der Waals surface area contributed by atoms with Gasteiger partial charge in [0.15, 0.2) is 11.0 Å². The van der Waals surface area contributed by atoms with Crippen molar-refractivity contribution < 1.29 is 9.53 Å². The number of para-hydroxylation sites is 1. The second kappa shape index (κ2) is 9.06. The van der Waals surface area contributed by atoms with Gasteiger partial charge in [0.1, 0.15) is 16.8 Å². The molecule has 0 spiro atoms. The van der Waals surface area contributed by atoms with Crippen molar-refractivity contribution in [3.63, 3.8) is 0 Å². The zero-order chi connectivity index (χ0) is 20.9. The molecule has 0 aliphatic carbocycles. The maximum atomic E-state index is 12.5. The number of nitrogens with one attached hydrogen (secondary N) is 1. The summed E-state index contributed by atoms with van der Waals surface area (Å²) in [6, 6.07) is 13.1. The molecule has 10 heteroatoms. The minimum atomic E-state index is -0.160. The van der Waals surface area contributed by atoms with Gasteiger partial charge in [-0.2, -0.15) is 8.75 Å². The number of hydrogen-bond acceptors (Lipinski definition) is 8. The first-order valence-corrected chi connectivity index (χ1v) is 10.7. The first-order valence-electron chi connectivity index (χ1n) is 9.02. The second-order valence-corrected chi connectivity index (χ2v) is 7.65. The van der Waals surface area contributed by atoms with Crippen LogP contribution in [0.25, 0.3) is 22.4 Å². The molecule has 0 bridgehead atoms. The van der Waals surface area contributed by atoms with Crippen LogP contribution < -0.4 is 10.1 Å². The van der Waals surface area contributed by atoms with Crippen molar-refractivity contribution in [1.82, 2.24) is 23.5 Å². The van der Waals surface area contributed by atoms with Gasteiger partial charge in [0.25, 0.3) is 0 Å². The van der Waals surface area contributed by atoms with Crippen LogP contribution in [0, 0.1) is 0 Å². The van der Waals surface area contributed by atoms with E-state index in [1.807, 2.05) is 47.0 Å². The predicted octanol–water partition coefficient (Wildman–Crippen LogP) is 3.88. The third-order valence-corrected chi connectivity index (χ3v) is 5.78. The van der Waals surface area contributed by atoms with Crippen LogP contribution in [0.4, 0.5) is 5.69 Å². The van der Waals surface area contributed by atoms with Crippen LogP contribution >= 0.6 is 23.5 Å². The lowest BCUT2D eigenvalue weighted by Gasteiger charge is -2.10. The Hall–Kier alpha value is -3.24. The SMILES string of the molecule is C=CCn1c(SCC(=O)Nc2cccc3nsnc23)nnc1-c1ccccc1OC. The van der Waals surface area contributed by atoms with E-state index in [0.29, 0.717) is 34.5 Å². The molecule has 4 rings (SSSR count). The van der Waals surface area contributed by atoms with E-state index in [4.69, 9.17) is 4.74 Å². The van der Waals surface area contributed by atoms with Gasteiger partial charge in [0.05, 0.1) is 35.8 Å². The van der Waals surface area contributed by atoms with Crippen molar-refractivity contribution >= 4 is 46.1 Å². The molecule has 0 fully saturated rings. The van der Waals surface area contributed by atoms with Crippen molar-refractivity contribution in [3.8, 4) is 17.1 Å². The number of allylic oxidation sites excluding steroid dienone is 1. The van der Waals surface area contributed by atoms with E-state index >= 15 is 0 Å². The first kappa shape index (κ1) is 20.0. The minimum Gasteiger partial charge on any atom is -0.496 e. The van der Waals surface area contributed by atoms with Gasteiger partial charge in [-0.1, -0.05) is 36.0 Å². The number of benzene rings is 2. The van der Waals surface area contributed by atoms with Crippen LogP contribution in [-0.4, -0.2) is 42.3 Å². The van der Waals surface area contributed by atoms with E-state index in [-0.39, 0.29) is 11.7 Å². The Morgan fingerprint density at radius 2 is 2.10 bits per heavy atom. The average Bonchev–Trinajstić information content (AvgIpc) is 3.40. The lowest BCUT2D eigenvalue weighted by molar-refractivity contribution is -0.113. The molecule has 4 aromatic rings. The fourth-order valence-corrected chi connectivity index (χ4v) is 4.24. The molecule has 8 nitrogen and oxygen atoms in total. The number of rotatable bonds is 8. The fraction of sp³-hybridized carbons (Fsp3) is 0.150. The maximum Gasteiger partial charge on any atom is 0.234 e. The molecule has 0 atom stereocenters. The van der Waals surface area contributed by atoms with Crippen LogP contribution in [0.5, 0.6) is 5.75 Å². The first-order chi connectivity index (χ1) is 14.7. The summed E-state index contributed by atoms with van der Waals surface area (Å²) < 4.78 is 15.8. The molecule has 2 aromatic carbocycles. The predicted molar refractivity (Wildman–Crippen MR) is 119 cm³/mol. The van der Waals surface area contributed by atoms with Crippen LogP contribution in [0.1, 0.15) is 0 Å². The Morgan fingerprint density at radius 1 is 1.23 bits per heavy atom. The summed E-state index contributed by atoms with van der Waals surface area (Å²) in [5.74, 6) is 1.38. The Labute approximate surface area is 181 Å². The fourth-order valence-electron chi connectivity index (χ4n) is 2.94. The van der Waals surface area contributed by atoms with Crippen LogP contribution in [0.3, 0.4) is 0 Å². The number of hydrogen-bond donors (Lipinski definition) is 1. The molecule has 1 N–H and O–H groups in total. The zero-order valence-electron chi connectivity index (χ0n) is 16.1. The smallest absolute Gasteiger partial charge is 0.234 e. The van der Waals surface area contributed by atoms with Gasteiger partial charge in [0, 0.05) is 6.54 Å². The molecule has 0 saturated heterocycles. The number of carbonyl (C=O) groups is 1. The molecule has 0 radical (unpaired) electrons. The molecule has 2 heterocycles.